The van der Waals surface area contributed by atoms with E-state index < -0.39 is 0 Å². The van der Waals surface area contributed by atoms with E-state index in [2.05, 4.69) is 21.2 Å². The summed E-state index contributed by atoms with van der Waals surface area (Å²) < 4.78 is 5.29. The third-order valence-corrected chi connectivity index (χ3v) is 2.50. The van der Waals surface area contributed by atoms with E-state index in [1.54, 1.807) is 0 Å². The Morgan fingerprint density at radius 2 is 2.50 bits per heavy atom. The van der Waals surface area contributed by atoms with Crippen LogP contribution in [0.5, 0.6) is 0 Å². The molecule has 1 fully saturated rings. The van der Waals surface area contributed by atoms with E-state index in [0.29, 0.717) is 13.2 Å². The van der Waals surface area contributed by atoms with Gasteiger partial charge in [-0.25, -0.2) is 0 Å². The molecule has 0 spiro atoms. The molecule has 70 valence electrons. The number of carbonyl (C=O) groups excluding carboxylic acids is 1. The Morgan fingerprint density at radius 3 is 3.00 bits per heavy atom. The van der Waals surface area contributed by atoms with Gasteiger partial charge in [-0.2, -0.15) is 0 Å². The van der Waals surface area contributed by atoms with Crippen LogP contribution >= 0.6 is 15.9 Å². The van der Waals surface area contributed by atoms with Crippen molar-refractivity contribution < 1.29 is 9.53 Å². The van der Waals surface area contributed by atoms with Gasteiger partial charge in [-0.15, -0.1) is 0 Å². The maximum atomic E-state index is 11.4. The molecule has 0 aromatic heterocycles. The molecule has 3 nitrogen and oxygen atoms in total. The summed E-state index contributed by atoms with van der Waals surface area (Å²) in [6.45, 7) is 3.36. The molecule has 0 aromatic carbocycles. The molecule has 0 saturated carbocycles. The van der Waals surface area contributed by atoms with Gasteiger partial charge in [-0.3, -0.25) is 4.79 Å². The lowest BCUT2D eigenvalue weighted by atomic mass is 10.0. The van der Waals surface area contributed by atoms with Crippen molar-refractivity contribution >= 4 is 21.8 Å². The molecule has 0 radical (unpaired) electrons. The van der Waals surface area contributed by atoms with Gasteiger partial charge in [-0.1, -0.05) is 15.9 Å². The normalized spacial score (nSPS) is 28.8. The second-order valence-electron chi connectivity index (χ2n) is 2.95. The van der Waals surface area contributed by atoms with Gasteiger partial charge in [0.2, 0.25) is 5.91 Å². The number of hydrogen-bond acceptors (Lipinski definition) is 2. The molecular formula is C8H14BrNO2. The number of halogens is 1. The summed E-state index contributed by atoms with van der Waals surface area (Å²) in [6, 6.07) is 0. The quantitative estimate of drug-likeness (QED) is 0.740. The predicted octanol–water partition coefficient (Wildman–Crippen LogP) is 0.923. The Labute approximate surface area is 81.0 Å². The summed E-state index contributed by atoms with van der Waals surface area (Å²) in [6.07, 6.45) is 0.940. The monoisotopic (exact) mass is 235 g/mol. The van der Waals surface area contributed by atoms with Gasteiger partial charge in [0.25, 0.3) is 0 Å². The average Bonchev–Trinajstić information content (AvgIpc) is 2.47. The molecule has 1 aliphatic heterocycles. The van der Waals surface area contributed by atoms with Crippen LogP contribution in [0.2, 0.25) is 0 Å². The first-order chi connectivity index (χ1) is 5.75. The van der Waals surface area contributed by atoms with Gasteiger partial charge >= 0.3 is 0 Å². The molecule has 12 heavy (non-hydrogen) atoms. The van der Waals surface area contributed by atoms with Crippen LogP contribution in [0.4, 0.5) is 0 Å². The van der Waals surface area contributed by atoms with Crippen LogP contribution < -0.4 is 5.32 Å². The highest BCUT2D eigenvalue weighted by molar-refractivity contribution is 9.09. The zero-order valence-electron chi connectivity index (χ0n) is 7.18. The summed E-state index contributed by atoms with van der Waals surface area (Å²) in [7, 11) is 0. The highest BCUT2D eigenvalue weighted by Crippen LogP contribution is 2.20. The summed E-state index contributed by atoms with van der Waals surface area (Å²) in [5, 5.41) is 3.65. The molecule has 1 N–H and O–H groups in total. The molecule has 0 aromatic rings. The fourth-order valence-electron chi connectivity index (χ4n) is 1.38. The Kier molecular flexibility index (Phi) is 4.01. The fraction of sp³-hybridized carbons (Fsp3) is 0.875. The van der Waals surface area contributed by atoms with Crippen molar-refractivity contribution in [1.82, 2.24) is 5.32 Å². The van der Waals surface area contributed by atoms with Crippen LogP contribution in [0.3, 0.4) is 0 Å². The average molecular weight is 236 g/mol. The SMILES string of the molecule is CC1OCCC1C(=O)NCCBr. The molecule has 4 heteroatoms. The van der Waals surface area contributed by atoms with Gasteiger partial charge in [0.15, 0.2) is 0 Å². The number of rotatable bonds is 3. The predicted molar refractivity (Wildman–Crippen MR) is 50.3 cm³/mol. The maximum Gasteiger partial charge on any atom is 0.225 e. The minimum atomic E-state index is 0.0593. The third kappa shape index (κ3) is 2.45. The van der Waals surface area contributed by atoms with Crippen molar-refractivity contribution in [3.05, 3.63) is 0 Å². The lowest BCUT2D eigenvalue weighted by Crippen LogP contribution is -2.35. The van der Waals surface area contributed by atoms with E-state index in [4.69, 9.17) is 4.74 Å². The molecule has 1 heterocycles. The number of ether oxygens (including phenoxy) is 1. The first-order valence-electron chi connectivity index (χ1n) is 4.21. The zero-order valence-corrected chi connectivity index (χ0v) is 8.76. The minimum Gasteiger partial charge on any atom is -0.378 e. The second-order valence-corrected chi connectivity index (χ2v) is 3.74. The molecular weight excluding hydrogens is 222 g/mol. The molecule has 2 atom stereocenters. The van der Waals surface area contributed by atoms with Crippen LogP contribution in [0.25, 0.3) is 0 Å². The van der Waals surface area contributed by atoms with Crippen molar-refractivity contribution in [1.29, 1.82) is 0 Å². The second kappa shape index (κ2) is 4.82. The van der Waals surface area contributed by atoms with Crippen LogP contribution in [0.15, 0.2) is 0 Å². The van der Waals surface area contributed by atoms with Crippen LogP contribution in [0.1, 0.15) is 13.3 Å². The summed E-state index contributed by atoms with van der Waals surface area (Å²) in [4.78, 5) is 11.4. The topological polar surface area (TPSA) is 38.3 Å². The molecule has 0 aliphatic carbocycles. The van der Waals surface area contributed by atoms with Gasteiger partial charge in [0, 0.05) is 18.5 Å². The minimum absolute atomic E-state index is 0.0593. The fourth-order valence-corrected chi connectivity index (χ4v) is 1.58. The van der Waals surface area contributed by atoms with E-state index in [1.165, 1.54) is 0 Å². The van der Waals surface area contributed by atoms with Crippen molar-refractivity contribution in [2.45, 2.75) is 19.4 Å². The van der Waals surface area contributed by atoms with Crippen molar-refractivity contribution in [2.24, 2.45) is 5.92 Å². The van der Waals surface area contributed by atoms with Crippen LogP contribution in [-0.4, -0.2) is 30.5 Å². The Balaban J connectivity index is 2.30. The molecule has 1 aliphatic rings. The standard InChI is InChI=1S/C8H14BrNO2/c1-6-7(2-5-12-6)8(11)10-4-3-9/h6-7H,2-5H2,1H3,(H,10,11). The highest BCUT2D eigenvalue weighted by atomic mass is 79.9. The Hall–Kier alpha value is -0.0900. The number of nitrogens with one attached hydrogen (secondary N) is 1. The number of hydrogen-bond donors (Lipinski definition) is 1. The summed E-state index contributed by atoms with van der Waals surface area (Å²) >= 11 is 3.26. The summed E-state index contributed by atoms with van der Waals surface area (Å²) in [5.74, 6) is 0.184. The van der Waals surface area contributed by atoms with E-state index in [0.717, 1.165) is 11.8 Å². The first kappa shape index (κ1) is 9.99. The lowest BCUT2D eigenvalue weighted by molar-refractivity contribution is -0.126. The Bertz CT molecular complexity index is 163. The van der Waals surface area contributed by atoms with Gasteiger partial charge in [0.1, 0.15) is 0 Å². The number of amides is 1. The first-order valence-corrected chi connectivity index (χ1v) is 5.33. The van der Waals surface area contributed by atoms with Gasteiger partial charge in [0.05, 0.1) is 12.0 Å². The van der Waals surface area contributed by atoms with Crippen molar-refractivity contribution in [2.75, 3.05) is 18.5 Å². The molecule has 0 bridgehead atoms. The molecule has 1 amide bonds. The molecule has 1 rings (SSSR count). The van der Waals surface area contributed by atoms with Gasteiger partial charge in [-0.05, 0) is 13.3 Å². The molecule has 2 unspecified atom stereocenters. The van der Waals surface area contributed by atoms with Crippen LogP contribution in [-0.2, 0) is 9.53 Å². The zero-order chi connectivity index (χ0) is 8.97. The summed E-state index contributed by atoms with van der Waals surface area (Å²) in [5.41, 5.74) is 0. The van der Waals surface area contributed by atoms with E-state index >= 15 is 0 Å². The largest absolute Gasteiger partial charge is 0.378 e. The van der Waals surface area contributed by atoms with Crippen molar-refractivity contribution in [3.8, 4) is 0 Å². The highest BCUT2D eigenvalue weighted by Gasteiger charge is 2.30. The lowest BCUT2D eigenvalue weighted by Gasteiger charge is -2.12. The molecule has 1 saturated heterocycles. The third-order valence-electron chi connectivity index (χ3n) is 2.11. The Morgan fingerprint density at radius 1 is 1.75 bits per heavy atom. The van der Waals surface area contributed by atoms with Crippen LogP contribution in [0, 0.1) is 5.92 Å². The smallest absolute Gasteiger partial charge is 0.225 e. The van der Waals surface area contributed by atoms with Crippen molar-refractivity contribution in [3.63, 3.8) is 0 Å². The van der Waals surface area contributed by atoms with E-state index in [-0.39, 0.29) is 17.9 Å². The van der Waals surface area contributed by atoms with Gasteiger partial charge < -0.3 is 10.1 Å². The maximum absolute atomic E-state index is 11.4. The van der Waals surface area contributed by atoms with E-state index in [9.17, 15) is 4.79 Å². The number of alkyl halides is 1. The van der Waals surface area contributed by atoms with E-state index in [1.807, 2.05) is 6.92 Å². The number of carbonyl (C=O) groups is 1.